The maximum absolute atomic E-state index is 4.47. The van der Waals surface area contributed by atoms with Crippen molar-refractivity contribution >= 4 is 11.6 Å². The van der Waals surface area contributed by atoms with Gasteiger partial charge < -0.3 is 10.6 Å². The zero-order valence-electron chi connectivity index (χ0n) is 12.0. The first-order valence-corrected chi connectivity index (χ1v) is 7.22. The van der Waals surface area contributed by atoms with E-state index in [0.717, 1.165) is 44.0 Å². The Balaban J connectivity index is 1.73. The summed E-state index contributed by atoms with van der Waals surface area (Å²) in [7, 11) is 0. The standard InChI is InChI=1S/C16H22N4/c1-2-10-18-15-12-17-13-16(20-15)19-11-6-9-14-7-4-3-5-8-14/h3-5,7-8,12-13H,2,6,9-11H2,1H3,(H2,18,19,20). The molecule has 0 saturated heterocycles. The molecule has 0 atom stereocenters. The van der Waals surface area contributed by atoms with Gasteiger partial charge in [0.1, 0.15) is 11.6 Å². The third kappa shape index (κ3) is 4.88. The summed E-state index contributed by atoms with van der Waals surface area (Å²) in [6.45, 7) is 3.96. The molecule has 0 aliphatic rings. The van der Waals surface area contributed by atoms with Gasteiger partial charge >= 0.3 is 0 Å². The van der Waals surface area contributed by atoms with Crippen LogP contribution < -0.4 is 10.6 Å². The summed E-state index contributed by atoms with van der Waals surface area (Å²) in [6, 6.07) is 10.5. The molecule has 0 radical (unpaired) electrons. The van der Waals surface area contributed by atoms with Gasteiger partial charge in [0.15, 0.2) is 0 Å². The molecular formula is C16H22N4. The lowest BCUT2D eigenvalue weighted by atomic mass is 10.1. The smallest absolute Gasteiger partial charge is 0.146 e. The average Bonchev–Trinajstić information content (AvgIpc) is 2.51. The number of aryl methyl sites for hydroxylation is 1. The summed E-state index contributed by atoms with van der Waals surface area (Å²) in [5.74, 6) is 1.67. The SMILES string of the molecule is CCCNc1cncc(NCCCc2ccccc2)n1. The van der Waals surface area contributed by atoms with Gasteiger partial charge in [-0.2, -0.15) is 0 Å². The maximum atomic E-state index is 4.47. The number of hydrogen-bond donors (Lipinski definition) is 2. The summed E-state index contributed by atoms with van der Waals surface area (Å²) >= 11 is 0. The van der Waals surface area contributed by atoms with Crippen molar-refractivity contribution in [3.05, 3.63) is 48.3 Å². The zero-order valence-corrected chi connectivity index (χ0v) is 12.0. The number of rotatable bonds is 8. The molecule has 20 heavy (non-hydrogen) atoms. The van der Waals surface area contributed by atoms with E-state index in [-0.39, 0.29) is 0 Å². The van der Waals surface area contributed by atoms with Crippen LogP contribution in [0.3, 0.4) is 0 Å². The van der Waals surface area contributed by atoms with E-state index in [9.17, 15) is 0 Å². The van der Waals surface area contributed by atoms with Gasteiger partial charge in [-0.15, -0.1) is 0 Å². The largest absolute Gasteiger partial charge is 0.369 e. The van der Waals surface area contributed by atoms with E-state index in [1.807, 2.05) is 6.07 Å². The van der Waals surface area contributed by atoms with E-state index < -0.39 is 0 Å². The van der Waals surface area contributed by atoms with Gasteiger partial charge in [-0.05, 0) is 24.8 Å². The van der Waals surface area contributed by atoms with Crippen molar-refractivity contribution in [1.29, 1.82) is 0 Å². The van der Waals surface area contributed by atoms with Crippen LogP contribution in [-0.4, -0.2) is 23.1 Å². The lowest BCUT2D eigenvalue weighted by molar-refractivity contribution is 0.857. The van der Waals surface area contributed by atoms with Crippen LogP contribution in [0, 0.1) is 0 Å². The molecule has 0 bridgehead atoms. The molecule has 1 aromatic heterocycles. The third-order valence-corrected chi connectivity index (χ3v) is 2.98. The fourth-order valence-corrected chi connectivity index (χ4v) is 1.94. The Labute approximate surface area is 120 Å². The highest BCUT2D eigenvalue weighted by atomic mass is 15.1. The van der Waals surface area contributed by atoms with E-state index in [2.05, 4.69) is 51.8 Å². The van der Waals surface area contributed by atoms with E-state index >= 15 is 0 Å². The van der Waals surface area contributed by atoms with Crippen LogP contribution in [0.4, 0.5) is 11.6 Å². The van der Waals surface area contributed by atoms with Crippen LogP contribution in [0.1, 0.15) is 25.3 Å². The first-order valence-electron chi connectivity index (χ1n) is 7.22. The first-order chi connectivity index (χ1) is 9.88. The molecule has 4 heteroatoms. The molecule has 0 saturated carbocycles. The number of benzene rings is 1. The highest BCUT2D eigenvalue weighted by molar-refractivity contribution is 5.41. The van der Waals surface area contributed by atoms with Crippen molar-refractivity contribution in [2.24, 2.45) is 0 Å². The zero-order chi connectivity index (χ0) is 14.0. The van der Waals surface area contributed by atoms with Crippen molar-refractivity contribution in [3.8, 4) is 0 Å². The Morgan fingerprint density at radius 1 is 0.950 bits per heavy atom. The Morgan fingerprint density at radius 2 is 1.65 bits per heavy atom. The minimum atomic E-state index is 0.833. The predicted octanol–water partition coefficient (Wildman–Crippen LogP) is 3.34. The fourth-order valence-electron chi connectivity index (χ4n) is 1.94. The average molecular weight is 270 g/mol. The Hall–Kier alpha value is -2.10. The number of hydrogen-bond acceptors (Lipinski definition) is 4. The molecule has 2 aromatic rings. The lowest BCUT2D eigenvalue weighted by Crippen LogP contribution is -2.08. The molecule has 1 heterocycles. The summed E-state index contributed by atoms with van der Waals surface area (Å²) in [5.41, 5.74) is 1.37. The Morgan fingerprint density at radius 3 is 2.35 bits per heavy atom. The van der Waals surface area contributed by atoms with Crippen LogP contribution in [0.25, 0.3) is 0 Å². The van der Waals surface area contributed by atoms with Gasteiger partial charge in [-0.1, -0.05) is 37.3 Å². The van der Waals surface area contributed by atoms with Crippen LogP contribution in [0.15, 0.2) is 42.7 Å². The highest BCUT2D eigenvalue weighted by Crippen LogP contribution is 2.07. The van der Waals surface area contributed by atoms with Gasteiger partial charge in [-0.3, -0.25) is 4.98 Å². The van der Waals surface area contributed by atoms with Crippen molar-refractivity contribution in [2.45, 2.75) is 26.2 Å². The summed E-state index contributed by atoms with van der Waals surface area (Å²) in [4.78, 5) is 8.66. The topological polar surface area (TPSA) is 49.8 Å². The summed E-state index contributed by atoms with van der Waals surface area (Å²) in [6.07, 6.45) is 6.76. The molecule has 4 nitrogen and oxygen atoms in total. The van der Waals surface area contributed by atoms with Gasteiger partial charge in [0.25, 0.3) is 0 Å². The third-order valence-electron chi connectivity index (χ3n) is 2.98. The van der Waals surface area contributed by atoms with Crippen LogP contribution in [-0.2, 0) is 6.42 Å². The molecule has 0 amide bonds. The van der Waals surface area contributed by atoms with Crippen LogP contribution in [0.2, 0.25) is 0 Å². The highest BCUT2D eigenvalue weighted by Gasteiger charge is 1.98. The molecule has 0 fully saturated rings. The van der Waals surface area contributed by atoms with Crippen molar-refractivity contribution in [2.75, 3.05) is 23.7 Å². The number of nitrogens with zero attached hydrogens (tertiary/aromatic N) is 2. The second kappa shape index (κ2) is 8.15. The van der Waals surface area contributed by atoms with Gasteiger partial charge in [0, 0.05) is 13.1 Å². The lowest BCUT2D eigenvalue weighted by Gasteiger charge is -2.08. The van der Waals surface area contributed by atoms with Crippen molar-refractivity contribution in [3.63, 3.8) is 0 Å². The Kier molecular flexibility index (Phi) is 5.83. The molecular weight excluding hydrogens is 248 g/mol. The van der Waals surface area contributed by atoms with Crippen LogP contribution >= 0.6 is 0 Å². The Bertz CT molecular complexity index is 499. The van der Waals surface area contributed by atoms with E-state index in [4.69, 9.17) is 0 Å². The minimum Gasteiger partial charge on any atom is -0.369 e. The molecule has 0 spiro atoms. The maximum Gasteiger partial charge on any atom is 0.146 e. The number of aromatic nitrogens is 2. The van der Waals surface area contributed by atoms with E-state index in [0.29, 0.717) is 0 Å². The molecule has 2 rings (SSSR count). The van der Waals surface area contributed by atoms with E-state index in [1.165, 1.54) is 5.56 Å². The molecule has 0 aliphatic heterocycles. The summed E-state index contributed by atoms with van der Waals surface area (Å²) < 4.78 is 0. The molecule has 1 aromatic carbocycles. The monoisotopic (exact) mass is 270 g/mol. The van der Waals surface area contributed by atoms with Gasteiger partial charge in [0.05, 0.1) is 12.4 Å². The van der Waals surface area contributed by atoms with E-state index in [1.54, 1.807) is 12.4 Å². The molecule has 2 N–H and O–H groups in total. The van der Waals surface area contributed by atoms with Gasteiger partial charge in [0.2, 0.25) is 0 Å². The minimum absolute atomic E-state index is 0.833. The van der Waals surface area contributed by atoms with Crippen molar-refractivity contribution < 1.29 is 0 Å². The second-order valence-corrected chi connectivity index (χ2v) is 4.73. The molecule has 0 unspecified atom stereocenters. The molecule has 106 valence electrons. The number of anilines is 2. The summed E-state index contributed by atoms with van der Waals surface area (Å²) in [5, 5.41) is 6.56. The predicted molar refractivity (Wildman–Crippen MR) is 84.1 cm³/mol. The van der Waals surface area contributed by atoms with Crippen molar-refractivity contribution in [1.82, 2.24) is 9.97 Å². The number of nitrogens with one attached hydrogen (secondary N) is 2. The molecule has 0 aliphatic carbocycles. The van der Waals surface area contributed by atoms with Crippen LogP contribution in [0.5, 0.6) is 0 Å². The fraction of sp³-hybridized carbons (Fsp3) is 0.375. The second-order valence-electron chi connectivity index (χ2n) is 4.73. The first kappa shape index (κ1) is 14.3. The van der Waals surface area contributed by atoms with Gasteiger partial charge in [-0.25, -0.2) is 4.98 Å². The normalized spacial score (nSPS) is 10.2. The quantitative estimate of drug-likeness (QED) is 0.722.